The van der Waals surface area contributed by atoms with Gasteiger partial charge in [-0.1, -0.05) is 25.8 Å². The molecule has 1 aliphatic rings. The van der Waals surface area contributed by atoms with E-state index in [-0.39, 0.29) is 12.0 Å². The van der Waals surface area contributed by atoms with Crippen LogP contribution in [-0.4, -0.2) is 6.10 Å². The molecule has 108 valence electrons. The van der Waals surface area contributed by atoms with Crippen molar-refractivity contribution in [3.05, 3.63) is 29.3 Å². The van der Waals surface area contributed by atoms with Crippen molar-refractivity contribution in [3.8, 4) is 11.8 Å². The number of nitriles is 1. The van der Waals surface area contributed by atoms with E-state index >= 15 is 0 Å². The van der Waals surface area contributed by atoms with Crippen molar-refractivity contribution in [1.29, 1.82) is 5.26 Å². The summed E-state index contributed by atoms with van der Waals surface area (Å²) >= 11 is 0. The largest absolute Gasteiger partial charge is 0.489 e. The zero-order valence-corrected chi connectivity index (χ0v) is 12.9. The lowest BCUT2D eigenvalue weighted by atomic mass is 9.78. The summed E-state index contributed by atoms with van der Waals surface area (Å²) in [5, 5.41) is 9.32. The van der Waals surface area contributed by atoms with Crippen LogP contribution in [0.4, 0.5) is 0 Å². The predicted octanol–water partition coefficient (Wildman–Crippen LogP) is 4.79. The van der Waals surface area contributed by atoms with E-state index in [1.807, 2.05) is 6.07 Å². The van der Waals surface area contributed by atoms with Crippen molar-refractivity contribution in [1.82, 2.24) is 0 Å². The van der Waals surface area contributed by atoms with Gasteiger partial charge in [0.25, 0.3) is 0 Å². The highest BCUT2D eigenvalue weighted by atomic mass is 16.5. The molecule has 0 saturated heterocycles. The molecule has 2 nitrogen and oxygen atoms in total. The third-order valence-electron chi connectivity index (χ3n) is 4.53. The molecular weight excluding hydrogens is 246 g/mol. The van der Waals surface area contributed by atoms with Crippen molar-refractivity contribution in [2.45, 2.75) is 59.0 Å². The van der Waals surface area contributed by atoms with Crippen LogP contribution in [0.1, 0.15) is 50.2 Å². The molecule has 0 heterocycles. The van der Waals surface area contributed by atoms with E-state index in [0.717, 1.165) is 24.5 Å². The Morgan fingerprint density at radius 1 is 1.25 bits per heavy atom. The van der Waals surface area contributed by atoms with Crippen LogP contribution >= 0.6 is 0 Å². The van der Waals surface area contributed by atoms with E-state index in [9.17, 15) is 5.26 Å². The van der Waals surface area contributed by atoms with Crippen LogP contribution in [0, 0.1) is 37.0 Å². The van der Waals surface area contributed by atoms with Crippen LogP contribution in [0.25, 0.3) is 0 Å². The fourth-order valence-electron chi connectivity index (χ4n) is 3.12. The minimum absolute atomic E-state index is 0.0460. The second-order valence-electron chi connectivity index (χ2n) is 6.11. The van der Waals surface area contributed by atoms with Gasteiger partial charge < -0.3 is 4.74 Å². The fourth-order valence-corrected chi connectivity index (χ4v) is 3.12. The normalized spacial score (nSPS) is 26.0. The first-order valence-electron chi connectivity index (χ1n) is 7.77. The Morgan fingerprint density at radius 3 is 2.70 bits per heavy atom. The highest BCUT2D eigenvalue weighted by molar-refractivity contribution is 5.34. The molecule has 0 aliphatic heterocycles. The molecule has 3 atom stereocenters. The van der Waals surface area contributed by atoms with Crippen molar-refractivity contribution < 1.29 is 4.74 Å². The molecule has 0 radical (unpaired) electrons. The van der Waals surface area contributed by atoms with Gasteiger partial charge in [-0.25, -0.2) is 0 Å². The number of ether oxygens (including phenoxy) is 1. The number of hydrogen-bond acceptors (Lipinski definition) is 2. The van der Waals surface area contributed by atoms with Crippen molar-refractivity contribution in [3.63, 3.8) is 0 Å². The van der Waals surface area contributed by atoms with Crippen molar-refractivity contribution >= 4 is 0 Å². The van der Waals surface area contributed by atoms with Gasteiger partial charge in [0.2, 0.25) is 0 Å². The second-order valence-corrected chi connectivity index (χ2v) is 6.11. The summed E-state index contributed by atoms with van der Waals surface area (Å²) in [5.41, 5.74) is 2.53. The molecule has 1 aromatic carbocycles. The molecule has 3 unspecified atom stereocenters. The van der Waals surface area contributed by atoms with Gasteiger partial charge in [-0.15, -0.1) is 0 Å². The lowest BCUT2D eigenvalue weighted by Gasteiger charge is -2.33. The highest BCUT2D eigenvalue weighted by Gasteiger charge is 2.31. The summed E-state index contributed by atoms with van der Waals surface area (Å²) in [6.07, 6.45) is 5.73. The molecule has 1 aromatic rings. The van der Waals surface area contributed by atoms with Crippen molar-refractivity contribution in [2.75, 3.05) is 0 Å². The van der Waals surface area contributed by atoms with Crippen LogP contribution in [0.5, 0.6) is 5.75 Å². The Kier molecular flexibility index (Phi) is 5.06. The topological polar surface area (TPSA) is 33.0 Å². The Morgan fingerprint density at radius 2 is 2.05 bits per heavy atom. The average molecular weight is 271 g/mol. The van der Waals surface area contributed by atoms with Gasteiger partial charge >= 0.3 is 0 Å². The monoisotopic (exact) mass is 271 g/mol. The molecule has 0 amide bonds. The minimum Gasteiger partial charge on any atom is -0.489 e. The molecule has 0 aromatic heterocycles. The molecule has 1 aliphatic carbocycles. The van der Waals surface area contributed by atoms with Gasteiger partial charge in [0.1, 0.15) is 11.9 Å². The summed E-state index contributed by atoms with van der Waals surface area (Å²) < 4.78 is 6.15. The molecular formula is C18H25NO. The maximum absolute atomic E-state index is 9.32. The van der Waals surface area contributed by atoms with Crippen LogP contribution < -0.4 is 4.74 Å². The van der Waals surface area contributed by atoms with E-state index < -0.39 is 0 Å². The predicted molar refractivity (Wildman–Crippen MR) is 81.7 cm³/mol. The van der Waals surface area contributed by atoms with Crippen LogP contribution in [0.3, 0.4) is 0 Å². The van der Waals surface area contributed by atoms with Gasteiger partial charge in [0.15, 0.2) is 0 Å². The maximum atomic E-state index is 9.32. The standard InChI is InChI=1S/C18H25NO/c1-4-5-15-7-8-16(12-19)18(11-15)20-17-9-6-13(2)14(3)10-17/h6,9-10,15-16,18H,4-5,7-8,11H2,1-3H3. The third-order valence-corrected chi connectivity index (χ3v) is 4.53. The summed E-state index contributed by atoms with van der Waals surface area (Å²) in [4.78, 5) is 0. The number of nitrogens with zero attached hydrogens (tertiary/aromatic N) is 1. The first-order chi connectivity index (χ1) is 9.63. The second kappa shape index (κ2) is 6.79. The smallest absolute Gasteiger partial charge is 0.120 e. The molecule has 0 bridgehead atoms. The van der Waals surface area contributed by atoms with E-state index in [4.69, 9.17) is 4.74 Å². The van der Waals surface area contributed by atoms with Crippen LogP contribution in [0.15, 0.2) is 18.2 Å². The Hall–Kier alpha value is -1.49. The molecule has 20 heavy (non-hydrogen) atoms. The van der Waals surface area contributed by atoms with Gasteiger partial charge in [0.05, 0.1) is 12.0 Å². The quantitative estimate of drug-likeness (QED) is 0.788. The van der Waals surface area contributed by atoms with E-state index in [0.29, 0.717) is 0 Å². The molecule has 1 saturated carbocycles. The third kappa shape index (κ3) is 3.54. The maximum Gasteiger partial charge on any atom is 0.120 e. The van der Waals surface area contributed by atoms with Gasteiger partial charge in [-0.2, -0.15) is 5.26 Å². The minimum atomic E-state index is 0.0460. The van der Waals surface area contributed by atoms with Crippen LogP contribution in [0.2, 0.25) is 0 Å². The lowest BCUT2D eigenvalue weighted by molar-refractivity contribution is 0.0875. The average Bonchev–Trinajstić information content (AvgIpc) is 2.44. The van der Waals surface area contributed by atoms with Gasteiger partial charge in [0, 0.05) is 0 Å². The first-order valence-corrected chi connectivity index (χ1v) is 7.77. The zero-order valence-electron chi connectivity index (χ0n) is 12.9. The molecule has 1 fully saturated rings. The Labute approximate surface area is 122 Å². The zero-order chi connectivity index (χ0) is 14.5. The summed E-state index contributed by atoms with van der Waals surface area (Å²) in [6, 6.07) is 8.65. The fraction of sp³-hybridized carbons (Fsp3) is 0.611. The molecule has 2 rings (SSSR count). The van der Waals surface area contributed by atoms with Gasteiger partial charge in [-0.3, -0.25) is 0 Å². The van der Waals surface area contributed by atoms with Gasteiger partial charge in [-0.05, 0) is 62.3 Å². The number of hydrogen-bond donors (Lipinski definition) is 0. The van der Waals surface area contributed by atoms with Crippen molar-refractivity contribution in [2.24, 2.45) is 11.8 Å². The first kappa shape index (κ1) is 14.9. The summed E-state index contributed by atoms with van der Waals surface area (Å²) in [7, 11) is 0. The number of aryl methyl sites for hydroxylation is 2. The molecule has 0 N–H and O–H groups in total. The number of benzene rings is 1. The number of rotatable bonds is 4. The molecule has 2 heteroatoms. The van der Waals surface area contributed by atoms with E-state index in [2.05, 4.69) is 39.0 Å². The Balaban J connectivity index is 2.07. The molecule has 0 spiro atoms. The highest BCUT2D eigenvalue weighted by Crippen LogP contribution is 2.34. The van der Waals surface area contributed by atoms with Crippen LogP contribution in [-0.2, 0) is 0 Å². The summed E-state index contributed by atoms with van der Waals surface area (Å²) in [5.74, 6) is 1.68. The SMILES string of the molecule is CCCC1CCC(C#N)C(Oc2ccc(C)c(C)c2)C1. The summed E-state index contributed by atoms with van der Waals surface area (Å²) in [6.45, 7) is 6.44. The Bertz CT molecular complexity index is 489. The lowest BCUT2D eigenvalue weighted by Crippen LogP contribution is -2.33. The van der Waals surface area contributed by atoms with E-state index in [1.54, 1.807) is 0 Å². The van der Waals surface area contributed by atoms with E-state index in [1.165, 1.54) is 30.4 Å².